The number of allylic oxidation sites excluding steroid dienone is 1. The van der Waals surface area contributed by atoms with E-state index in [4.69, 9.17) is 4.74 Å². The van der Waals surface area contributed by atoms with E-state index in [1.54, 1.807) is 7.11 Å². The Bertz CT molecular complexity index is 793. The fraction of sp³-hybridized carbons (Fsp3) is 0.931. The van der Waals surface area contributed by atoms with Crippen LogP contribution in [-0.2, 0) is 4.74 Å². The van der Waals surface area contributed by atoms with Crippen LogP contribution in [0, 0.1) is 39.9 Å². The molecule has 5 heteroatoms. The molecule has 3 saturated carbocycles. The standard InChI is InChI=1S/C29H47F3O2/c1-7-28(33)17-16-25(3)20(18-28)12-14-27(5)23-11-9-21(26(23,4)15-13-24(25)27)22(34-6)10-8-19(2)29(30,31)32/h12,19,21-24,33H,7-11,13-18H2,1-6H3/t19-,21-,22-,23-,24-,25+,26-,27+,28+/m1/s1. The van der Waals surface area contributed by atoms with Crippen molar-refractivity contribution in [1.29, 1.82) is 0 Å². The lowest BCUT2D eigenvalue weighted by Gasteiger charge is -2.64. The van der Waals surface area contributed by atoms with Gasteiger partial charge in [0, 0.05) is 7.11 Å². The Morgan fingerprint density at radius 1 is 1.03 bits per heavy atom. The van der Waals surface area contributed by atoms with Gasteiger partial charge >= 0.3 is 6.18 Å². The third kappa shape index (κ3) is 4.09. The minimum atomic E-state index is -4.13. The largest absolute Gasteiger partial charge is 0.391 e. The van der Waals surface area contributed by atoms with Crippen molar-refractivity contribution in [3.8, 4) is 0 Å². The van der Waals surface area contributed by atoms with E-state index >= 15 is 0 Å². The van der Waals surface area contributed by atoms with E-state index in [0.717, 1.165) is 51.4 Å². The summed E-state index contributed by atoms with van der Waals surface area (Å²) in [6.45, 7) is 10.8. The number of hydrogen-bond donors (Lipinski definition) is 1. The molecule has 196 valence electrons. The van der Waals surface area contributed by atoms with E-state index in [1.807, 2.05) is 0 Å². The van der Waals surface area contributed by atoms with E-state index in [0.29, 0.717) is 24.2 Å². The molecular weight excluding hydrogens is 437 g/mol. The molecule has 0 aliphatic heterocycles. The minimum Gasteiger partial charge on any atom is -0.390 e. The molecular formula is C29H47F3O2. The Morgan fingerprint density at radius 3 is 2.35 bits per heavy atom. The summed E-state index contributed by atoms with van der Waals surface area (Å²) in [4.78, 5) is 0. The normalized spacial score (nSPS) is 46.2. The number of aliphatic hydroxyl groups is 1. The maximum absolute atomic E-state index is 13.1. The van der Waals surface area contributed by atoms with Gasteiger partial charge in [-0.05, 0) is 105 Å². The van der Waals surface area contributed by atoms with E-state index in [9.17, 15) is 18.3 Å². The van der Waals surface area contributed by atoms with E-state index in [-0.39, 0.29) is 28.8 Å². The lowest BCUT2D eigenvalue weighted by molar-refractivity contribution is -0.174. The van der Waals surface area contributed by atoms with Gasteiger partial charge in [0.05, 0.1) is 17.6 Å². The van der Waals surface area contributed by atoms with Crippen molar-refractivity contribution in [3.63, 3.8) is 0 Å². The molecule has 0 spiro atoms. The molecule has 0 radical (unpaired) electrons. The zero-order valence-electron chi connectivity index (χ0n) is 22.2. The van der Waals surface area contributed by atoms with Crippen molar-refractivity contribution in [1.82, 2.24) is 0 Å². The molecule has 4 rings (SSSR count). The number of halogens is 3. The Morgan fingerprint density at radius 2 is 1.74 bits per heavy atom. The van der Waals surface area contributed by atoms with Crippen LogP contribution < -0.4 is 0 Å². The first-order valence-corrected chi connectivity index (χ1v) is 13.7. The first-order valence-electron chi connectivity index (χ1n) is 13.7. The van der Waals surface area contributed by atoms with E-state index in [1.165, 1.54) is 18.9 Å². The molecule has 3 fully saturated rings. The summed E-state index contributed by atoms with van der Waals surface area (Å²) in [6, 6.07) is 0. The van der Waals surface area contributed by atoms with Gasteiger partial charge in [0.2, 0.25) is 0 Å². The Hall–Kier alpha value is -0.550. The van der Waals surface area contributed by atoms with Crippen molar-refractivity contribution < 1.29 is 23.0 Å². The molecule has 2 nitrogen and oxygen atoms in total. The summed E-state index contributed by atoms with van der Waals surface area (Å²) >= 11 is 0. The SMILES string of the molecule is CC[C@]1(O)CC[C@@]2(C)C(=CC[C@@]3(C)[C@@H]4CC[C@H]([C@@H](CC[C@@H](C)C(F)(F)F)OC)[C@@]4(C)CC[C@@H]32)C1. The summed E-state index contributed by atoms with van der Waals surface area (Å²) in [6.07, 6.45) is 8.06. The van der Waals surface area contributed by atoms with E-state index < -0.39 is 17.7 Å². The summed E-state index contributed by atoms with van der Waals surface area (Å²) in [5, 5.41) is 11.0. The van der Waals surface area contributed by atoms with Gasteiger partial charge in [0.1, 0.15) is 0 Å². The van der Waals surface area contributed by atoms with Crippen LogP contribution in [0.2, 0.25) is 0 Å². The van der Waals surface area contributed by atoms with E-state index in [2.05, 4.69) is 33.8 Å². The highest BCUT2D eigenvalue weighted by atomic mass is 19.4. The molecule has 0 bridgehead atoms. The van der Waals surface area contributed by atoms with Crippen molar-refractivity contribution in [2.75, 3.05) is 7.11 Å². The lowest BCUT2D eigenvalue weighted by Crippen LogP contribution is -2.57. The summed E-state index contributed by atoms with van der Waals surface area (Å²) in [7, 11) is 1.69. The predicted octanol–water partition coefficient (Wildman–Crippen LogP) is 8.09. The molecule has 9 atom stereocenters. The summed E-state index contributed by atoms with van der Waals surface area (Å²) in [5.74, 6) is 0.237. The molecule has 0 amide bonds. The van der Waals surface area contributed by atoms with Gasteiger partial charge in [-0.2, -0.15) is 13.2 Å². The number of fused-ring (bicyclic) bond motifs is 5. The van der Waals surface area contributed by atoms with Crippen molar-refractivity contribution >= 4 is 0 Å². The maximum atomic E-state index is 13.1. The average molecular weight is 485 g/mol. The molecule has 0 aromatic carbocycles. The molecule has 0 aromatic rings. The summed E-state index contributed by atoms with van der Waals surface area (Å²) in [5.41, 5.74) is 1.43. The van der Waals surface area contributed by atoms with Crippen molar-refractivity contribution in [2.45, 2.75) is 123 Å². The minimum absolute atomic E-state index is 0.0977. The monoisotopic (exact) mass is 484 g/mol. The molecule has 0 heterocycles. The van der Waals surface area contributed by atoms with Crippen LogP contribution in [0.3, 0.4) is 0 Å². The average Bonchev–Trinajstić information content (AvgIpc) is 3.12. The topological polar surface area (TPSA) is 29.5 Å². The number of ether oxygens (including phenoxy) is 1. The van der Waals surface area contributed by atoms with Gasteiger partial charge < -0.3 is 9.84 Å². The van der Waals surface area contributed by atoms with Gasteiger partial charge in [-0.3, -0.25) is 0 Å². The van der Waals surface area contributed by atoms with Crippen molar-refractivity contribution in [2.24, 2.45) is 39.9 Å². The molecule has 0 unspecified atom stereocenters. The second-order valence-electron chi connectivity index (χ2n) is 13.2. The van der Waals surface area contributed by atoms with Crippen LogP contribution in [-0.4, -0.2) is 30.1 Å². The molecule has 1 N–H and O–H groups in total. The third-order valence-electron chi connectivity index (χ3n) is 11.7. The van der Waals surface area contributed by atoms with Crippen LogP contribution in [0.1, 0.15) is 105 Å². The van der Waals surface area contributed by atoms with Crippen LogP contribution in [0.4, 0.5) is 13.2 Å². The van der Waals surface area contributed by atoms with Crippen molar-refractivity contribution in [3.05, 3.63) is 11.6 Å². The van der Waals surface area contributed by atoms with Gasteiger partial charge in [-0.15, -0.1) is 0 Å². The molecule has 34 heavy (non-hydrogen) atoms. The molecule has 4 aliphatic rings. The van der Waals surface area contributed by atoms with Crippen LogP contribution in [0.15, 0.2) is 11.6 Å². The molecule has 0 saturated heterocycles. The quantitative estimate of drug-likeness (QED) is 0.386. The Kier molecular flexibility index (Phi) is 6.85. The van der Waals surface area contributed by atoms with Gasteiger partial charge in [0.15, 0.2) is 0 Å². The first kappa shape index (κ1) is 26.5. The number of hydrogen-bond acceptors (Lipinski definition) is 2. The fourth-order valence-electron chi connectivity index (χ4n) is 9.38. The van der Waals surface area contributed by atoms with Gasteiger partial charge in [-0.1, -0.05) is 46.3 Å². The Labute approximate surface area is 205 Å². The smallest absolute Gasteiger partial charge is 0.390 e. The maximum Gasteiger partial charge on any atom is 0.391 e. The lowest BCUT2D eigenvalue weighted by atomic mass is 9.41. The van der Waals surface area contributed by atoms with Gasteiger partial charge in [0.25, 0.3) is 0 Å². The fourth-order valence-corrected chi connectivity index (χ4v) is 9.38. The van der Waals surface area contributed by atoms with Crippen LogP contribution in [0.5, 0.6) is 0 Å². The first-order chi connectivity index (χ1) is 15.7. The zero-order chi connectivity index (χ0) is 25.2. The second-order valence-corrected chi connectivity index (χ2v) is 13.2. The zero-order valence-corrected chi connectivity index (χ0v) is 22.2. The highest BCUT2D eigenvalue weighted by Gasteiger charge is 2.64. The highest BCUT2D eigenvalue weighted by Crippen LogP contribution is 2.72. The van der Waals surface area contributed by atoms with Crippen LogP contribution >= 0.6 is 0 Å². The second kappa shape index (κ2) is 8.78. The predicted molar refractivity (Wildman–Crippen MR) is 130 cm³/mol. The van der Waals surface area contributed by atoms with Gasteiger partial charge in [-0.25, -0.2) is 0 Å². The number of rotatable bonds is 6. The van der Waals surface area contributed by atoms with Crippen LogP contribution in [0.25, 0.3) is 0 Å². The molecule has 4 aliphatic carbocycles. The number of alkyl halides is 3. The third-order valence-corrected chi connectivity index (χ3v) is 11.7. The summed E-state index contributed by atoms with van der Waals surface area (Å²) < 4.78 is 45.3. The Balaban J connectivity index is 1.56. The number of methoxy groups -OCH3 is 1. The highest BCUT2D eigenvalue weighted by molar-refractivity contribution is 5.29. The molecule has 0 aromatic heterocycles.